The van der Waals surface area contributed by atoms with Gasteiger partial charge in [-0.3, -0.25) is 4.99 Å². The lowest BCUT2D eigenvalue weighted by molar-refractivity contribution is 0.823. The van der Waals surface area contributed by atoms with Crippen LogP contribution in [0.5, 0.6) is 0 Å². The van der Waals surface area contributed by atoms with Gasteiger partial charge in [-0.05, 0) is 41.0 Å². The van der Waals surface area contributed by atoms with Crippen LogP contribution in [0.25, 0.3) is 5.70 Å². The van der Waals surface area contributed by atoms with E-state index in [1.165, 1.54) is 26.6 Å². The topological polar surface area (TPSA) is 24.4 Å². The Bertz CT molecular complexity index is 676. The third-order valence-corrected chi connectivity index (χ3v) is 5.60. The van der Waals surface area contributed by atoms with Crippen LogP contribution in [0.2, 0.25) is 0 Å². The van der Waals surface area contributed by atoms with Crippen molar-refractivity contribution in [1.82, 2.24) is 5.32 Å². The fraction of sp³-hybridized carbons (Fsp3) is 0.267. The van der Waals surface area contributed by atoms with E-state index in [2.05, 4.69) is 34.3 Å². The van der Waals surface area contributed by atoms with E-state index < -0.39 is 0 Å². The van der Waals surface area contributed by atoms with Crippen molar-refractivity contribution in [3.8, 4) is 0 Å². The van der Waals surface area contributed by atoms with Gasteiger partial charge in [-0.25, -0.2) is 0 Å². The van der Waals surface area contributed by atoms with Crippen LogP contribution < -0.4 is 5.32 Å². The van der Waals surface area contributed by atoms with Crippen molar-refractivity contribution in [1.29, 1.82) is 0 Å². The van der Waals surface area contributed by atoms with E-state index in [1.54, 1.807) is 0 Å². The second kappa shape index (κ2) is 4.62. The van der Waals surface area contributed by atoms with E-state index in [9.17, 15) is 0 Å². The molecule has 0 bridgehead atoms. The number of nitrogens with zero attached hydrogens (tertiary/aromatic N) is 1. The van der Waals surface area contributed by atoms with Crippen molar-refractivity contribution in [2.45, 2.75) is 12.8 Å². The average molecular weight is 286 g/mol. The highest BCUT2D eigenvalue weighted by molar-refractivity contribution is 7.11. The van der Waals surface area contributed by atoms with Crippen molar-refractivity contribution < 1.29 is 0 Å². The molecule has 96 valence electrons. The van der Waals surface area contributed by atoms with Gasteiger partial charge in [0.1, 0.15) is 0 Å². The molecule has 2 aromatic rings. The van der Waals surface area contributed by atoms with Gasteiger partial charge in [-0.2, -0.15) is 0 Å². The summed E-state index contributed by atoms with van der Waals surface area (Å²) >= 11 is 3.67. The van der Waals surface area contributed by atoms with Crippen molar-refractivity contribution in [3.63, 3.8) is 0 Å². The molecule has 2 aliphatic heterocycles. The van der Waals surface area contributed by atoms with Crippen LogP contribution in [0.1, 0.15) is 20.9 Å². The minimum absolute atomic E-state index is 0.921. The van der Waals surface area contributed by atoms with Crippen LogP contribution in [-0.4, -0.2) is 18.8 Å². The summed E-state index contributed by atoms with van der Waals surface area (Å²) in [5.41, 5.74) is 5.19. The van der Waals surface area contributed by atoms with Gasteiger partial charge in [-0.1, -0.05) is 0 Å². The number of thiophene rings is 2. The maximum Gasteiger partial charge on any atom is 0.0678 e. The summed E-state index contributed by atoms with van der Waals surface area (Å²) in [6.45, 7) is 1.95. The van der Waals surface area contributed by atoms with E-state index in [1.807, 2.05) is 22.7 Å². The summed E-state index contributed by atoms with van der Waals surface area (Å²) in [5, 5.41) is 7.89. The molecular weight excluding hydrogens is 272 g/mol. The molecule has 0 aromatic carbocycles. The average Bonchev–Trinajstić information content (AvgIpc) is 3.08. The van der Waals surface area contributed by atoms with Gasteiger partial charge < -0.3 is 5.32 Å². The normalized spacial score (nSPS) is 19.6. The largest absolute Gasteiger partial charge is 0.383 e. The third-order valence-electron chi connectivity index (χ3n) is 3.62. The van der Waals surface area contributed by atoms with Crippen molar-refractivity contribution >= 4 is 34.1 Å². The maximum atomic E-state index is 4.71. The van der Waals surface area contributed by atoms with E-state index in [0.717, 1.165) is 31.6 Å². The number of hydrogen-bond acceptors (Lipinski definition) is 4. The Balaban J connectivity index is 1.77. The number of rotatable bonds is 1. The standard InChI is InChI=1S/C15H14N2S2/c1-5-17-13(15-10(1)3-7-19-15)9-12-11-4-8-18-14(11)2-6-16-12/h3-4,7-9,17H,1-2,5-6H2/b13-9-. The van der Waals surface area contributed by atoms with Crippen LogP contribution in [0.15, 0.2) is 34.0 Å². The second-order valence-electron chi connectivity index (χ2n) is 4.78. The molecule has 4 rings (SSSR count). The molecule has 0 saturated heterocycles. The summed E-state index contributed by atoms with van der Waals surface area (Å²) < 4.78 is 0. The monoisotopic (exact) mass is 286 g/mol. The van der Waals surface area contributed by atoms with Crippen LogP contribution in [0, 0.1) is 0 Å². The van der Waals surface area contributed by atoms with E-state index in [0.29, 0.717) is 0 Å². The highest BCUT2D eigenvalue weighted by Crippen LogP contribution is 2.29. The molecule has 0 radical (unpaired) electrons. The van der Waals surface area contributed by atoms with Gasteiger partial charge in [0.05, 0.1) is 16.3 Å². The Kier molecular flexibility index (Phi) is 2.78. The van der Waals surface area contributed by atoms with Gasteiger partial charge >= 0.3 is 0 Å². The molecule has 2 nitrogen and oxygen atoms in total. The lowest BCUT2D eigenvalue weighted by atomic mass is 10.0. The molecule has 0 saturated carbocycles. The molecule has 19 heavy (non-hydrogen) atoms. The van der Waals surface area contributed by atoms with Gasteiger partial charge in [0.15, 0.2) is 0 Å². The maximum absolute atomic E-state index is 4.71. The molecule has 2 aromatic heterocycles. The van der Waals surface area contributed by atoms with Crippen LogP contribution >= 0.6 is 22.7 Å². The second-order valence-corrected chi connectivity index (χ2v) is 6.70. The molecule has 2 aliphatic rings. The lowest BCUT2D eigenvalue weighted by Gasteiger charge is -2.19. The Labute approximate surface area is 120 Å². The number of hydrogen-bond donors (Lipinski definition) is 1. The molecule has 0 unspecified atom stereocenters. The predicted octanol–water partition coefficient (Wildman–Crippen LogP) is 3.34. The highest BCUT2D eigenvalue weighted by atomic mass is 32.1. The van der Waals surface area contributed by atoms with Crippen molar-refractivity contribution in [2.24, 2.45) is 4.99 Å². The Morgan fingerprint density at radius 2 is 2.11 bits per heavy atom. The molecule has 0 fully saturated rings. The lowest BCUT2D eigenvalue weighted by Crippen LogP contribution is -2.22. The molecule has 4 heteroatoms. The smallest absolute Gasteiger partial charge is 0.0678 e. The predicted molar refractivity (Wildman–Crippen MR) is 83.4 cm³/mol. The minimum atomic E-state index is 0.921. The number of aliphatic imine (C=N–C) groups is 1. The zero-order valence-corrected chi connectivity index (χ0v) is 12.1. The zero-order chi connectivity index (χ0) is 12.7. The summed E-state index contributed by atoms with van der Waals surface area (Å²) in [5.74, 6) is 0. The number of nitrogens with one attached hydrogen (secondary N) is 1. The Morgan fingerprint density at radius 3 is 3.11 bits per heavy atom. The molecular formula is C15H14N2S2. The highest BCUT2D eigenvalue weighted by Gasteiger charge is 2.18. The summed E-state index contributed by atoms with van der Waals surface area (Å²) in [4.78, 5) is 7.57. The fourth-order valence-electron chi connectivity index (χ4n) is 2.68. The summed E-state index contributed by atoms with van der Waals surface area (Å²) in [7, 11) is 0. The van der Waals surface area contributed by atoms with Crippen LogP contribution in [0.4, 0.5) is 0 Å². The zero-order valence-electron chi connectivity index (χ0n) is 10.5. The van der Waals surface area contributed by atoms with E-state index in [4.69, 9.17) is 4.99 Å². The molecule has 0 spiro atoms. The third kappa shape index (κ3) is 1.95. The van der Waals surface area contributed by atoms with Crippen LogP contribution in [-0.2, 0) is 12.8 Å². The van der Waals surface area contributed by atoms with E-state index in [-0.39, 0.29) is 0 Å². The van der Waals surface area contributed by atoms with E-state index >= 15 is 0 Å². The molecule has 0 aliphatic carbocycles. The number of fused-ring (bicyclic) bond motifs is 2. The number of allylic oxidation sites excluding steroid dienone is 1. The quantitative estimate of drug-likeness (QED) is 0.854. The van der Waals surface area contributed by atoms with Gasteiger partial charge in [0, 0.05) is 30.0 Å². The molecule has 0 amide bonds. The minimum Gasteiger partial charge on any atom is -0.383 e. The molecule has 1 N–H and O–H groups in total. The Morgan fingerprint density at radius 1 is 1.16 bits per heavy atom. The first-order valence-corrected chi connectivity index (χ1v) is 8.31. The first-order valence-electron chi connectivity index (χ1n) is 6.55. The van der Waals surface area contributed by atoms with Gasteiger partial charge in [-0.15, -0.1) is 22.7 Å². The Hall–Kier alpha value is -1.39. The van der Waals surface area contributed by atoms with Crippen LogP contribution in [0.3, 0.4) is 0 Å². The van der Waals surface area contributed by atoms with Crippen molar-refractivity contribution in [2.75, 3.05) is 13.1 Å². The fourth-order valence-corrected chi connectivity index (χ4v) is 4.51. The first kappa shape index (κ1) is 11.4. The summed E-state index contributed by atoms with van der Waals surface area (Å²) in [6.07, 6.45) is 4.46. The first-order chi connectivity index (χ1) is 9.42. The van der Waals surface area contributed by atoms with Gasteiger partial charge in [0.2, 0.25) is 0 Å². The van der Waals surface area contributed by atoms with Crippen molar-refractivity contribution in [3.05, 3.63) is 49.9 Å². The SMILES string of the molecule is C(/C1=NCCc2sccc21)=C1/NCCc2ccsc21. The molecule has 0 atom stereocenters. The summed E-state index contributed by atoms with van der Waals surface area (Å²) in [6, 6.07) is 4.45. The molecule has 4 heterocycles. The van der Waals surface area contributed by atoms with Gasteiger partial charge in [0.25, 0.3) is 0 Å².